The van der Waals surface area contributed by atoms with Crippen LogP contribution in [0.3, 0.4) is 0 Å². The van der Waals surface area contributed by atoms with Gasteiger partial charge in [0.25, 0.3) is 0 Å². The Balaban J connectivity index is 2.83. The molecule has 0 N–H and O–H groups in total. The lowest BCUT2D eigenvalue weighted by molar-refractivity contribution is -0.143. The minimum absolute atomic E-state index is 0.281. The Bertz CT molecular complexity index is 381. The molecule has 0 spiro atoms. The van der Waals surface area contributed by atoms with Crippen LogP contribution >= 0.6 is 11.3 Å². The van der Waals surface area contributed by atoms with Crippen LogP contribution in [0.25, 0.3) is 0 Å². The lowest BCUT2D eigenvalue weighted by atomic mass is 10.2. The molecule has 0 aromatic carbocycles. The van der Waals surface area contributed by atoms with Gasteiger partial charge in [0.2, 0.25) is 0 Å². The van der Waals surface area contributed by atoms with Crippen LogP contribution in [0.15, 0.2) is 5.38 Å². The SMILES string of the molecule is CCOC(=O)C(C#N)c1nc(CC)cs1. The van der Waals surface area contributed by atoms with Crippen molar-refractivity contribution in [3.8, 4) is 6.07 Å². The maximum Gasteiger partial charge on any atom is 0.330 e. The smallest absolute Gasteiger partial charge is 0.330 e. The second kappa shape index (κ2) is 5.47. The number of aromatic nitrogens is 1. The van der Waals surface area contributed by atoms with E-state index in [1.165, 1.54) is 11.3 Å². The molecule has 1 unspecified atom stereocenters. The van der Waals surface area contributed by atoms with Gasteiger partial charge in [-0.05, 0) is 13.3 Å². The van der Waals surface area contributed by atoms with E-state index in [0.717, 1.165) is 12.1 Å². The normalized spacial score (nSPS) is 11.8. The van der Waals surface area contributed by atoms with E-state index in [9.17, 15) is 4.79 Å². The van der Waals surface area contributed by atoms with Crippen LogP contribution in [0, 0.1) is 11.3 Å². The average molecular weight is 224 g/mol. The molecule has 0 aliphatic carbocycles. The highest BCUT2D eigenvalue weighted by molar-refractivity contribution is 7.09. The van der Waals surface area contributed by atoms with Gasteiger partial charge in [-0.1, -0.05) is 6.92 Å². The largest absolute Gasteiger partial charge is 0.465 e. The van der Waals surface area contributed by atoms with Crippen molar-refractivity contribution in [1.82, 2.24) is 4.98 Å². The van der Waals surface area contributed by atoms with E-state index in [-0.39, 0.29) is 6.61 Å². The molecule has 1 atom stereocenters. The number of carbonyl (C=O) groups is 1. The quantitative estimate of drug-likeness (QED) is 0.732. The summed E-state index contributed by atoms with van der Waals surface area (Å²) in [7, 11) is 0. The molecular formula is C10H12N2O2S. The van der Waals surface area contributed by atoms with E-state index in [4.69, 9.17) is 10.00 Å². The molecule has 0 aliphatic heterocycles. The standard InChI is InChI=1S/C10H12N2O2S/c1-3-7-6-15-9(12-7)8(5-11)10(13)14-4-2/h6,8H,3-4H2,1-2H3. The van der Waals surface area contributed by atoms with Crippen molar-refractivity contribution in [2.45, 2.75) is 26.2 Å². The molecule has 80 valence electrons. The summed E-state index contributed by atoms with van der Waals surface area (Å²) in [6.45, 7) is 3.97. The van der Waals surface area contributed by atoms with Crippen LogP contribution in [0.1, 0.15) is 30.5 Å². The van der Waals surface area contributed by atoms with Crippen molar-refractivity contribution in [1.29, 1.82) is 5.26 Å². The Morgan fingerprint density at radius 2 is 2.47 bits per heavy atom. The molecule has 0 fully saturated rings. The van der Waals surface area contributed by atoms with Crippen LogP contribution in [0.2, 0.25) is 0 Å². The zero-order valence-corrected chi connectivity index (χ0v) is 9.50. The molecule has 5 heteroatoms. The van der Waals surface area contributed by atoms with E-state index in [2.05, 4.69) is 4.98 Å². The predicted molar refractivity (Wildman–Crippen MR) is 56.5 cm³/mol. The van der Waals surface area contributed by atoms with Gasteiger partial charge in [-0.3, -0.25) is 4.79 Å². The van der Waals surface area contributed by atoms with Crippen LogP contribution in [-0.2, 0) is 16.0 Å². The molecule has 1 aromatic heterocycles. The van der Waals surface area contributed by atoms with E-state index in [0.29, 0.717) is 5.01 Å². The summed E-state index contributed by atoms with van der Waals surface area (Å²) < 4.78 is 4.80. The minimum Gasteiger partial charge on any atom is -0.465 e. The first-order valence-electron chi connectivity index (χ1n) is 4.73. The van der Waals surface area contributed by atoms with Crippen LogP contribution in [0.4, 0.5) is 0 Å². The Labute approximate surface area is 92.5 Å². The number of aryl methyl sites for hydroxylation is 1. The zero-order valence-electron chi connectivity index (χ0n) is 8.69. The number of esters is 1. The van der Waals surface area contributed by atoms with Gasteiger partial charge in [0.05, 0.1) is 18.4 Å². The molecule has 0 radical (unpaired) electrons. The summed E-state index contributed by atoms with van der Waals surface area (Å²) in [5.41, 5.74) is 0.902. The molecule has 4 nitrogen and oxygen atoms in total. The van der Waals surface area contributed by atoms with Gasteiger partial charge in [0, 0.05) is 5.38 Å². The Morgan fingerprint density at radius 3 is 2.93 bits per heavy atom. The number of thiazole rings is 1. The number of ether oxygens (including phenoxy) is 1. The number of nitrogens with zero attached hydrogens (tertiary/aromatic N) is 2. The summed E-state index contributed by atoms with van der Waals surface area (Å²) in [6.07, 6.45) is 0.803. The zero-order chi connectivity index (χ0) is 11.3. The highest BCUT2D eigenvalue weighted by Crippen LogP contribution is 2.21. The molecule has 1 aromatic rings. The van der Waals surface area contributed by atoms with Gasteiger partial charge in [0.15, 0.2) is 5.92 Å². The lowest BCUT2D eigenvalue weighted by Gasteiger charge is -2.04. The van der Waals surface area contributed by atoms with Crippen LogP contribution in [0.5, 0.6) is 0 Å². The lowest BCUT2D eigenvalue weighted by Crippen LogP contribution is -2.14. The summed E-state index contributed by atoms with van der Waals surface area (Å²) >= 11 is 1.33. The summed E-state index contributed by atoms with van der Waals surface area (Å²) in [5, 5.41) is 11.3. The number of rotatable bonds is 4. The molecule has 1 heterocycles. The highest BCUT2D eigenvalue weighted by atomic mass is 32.1. The summed E-state index contributed by atoms with van der Waals surface area (Å²) in [4.78, 5) is 15.6. The third kappa shape index (κ3) is 2.77. The molecule has 15 heavy (non-hydrogen) atoms. The third-order valence-corrected chi connectivity index (χ3v) is 2.79. The molecule has 0 amide bonds. The van der Waals surface area contributed by atoms with Gasteiger partial charge in [-0.25, -0.2) is 4.98 Å². The van der Waals surface area contributed by atoms with Gasteiger partial charge in [-0.2, -0.15) is 5.26 Å². The summed E-state index contributed by atoms with van der Waals surface area (Å²) in [6, 6.07) is 1.91. The molecule has 0 saturated heterocycles. The fraction of sp³-hybridized carbons (Fsp3) is 0.500. The Kier molecular flexibility index (Phi) is 4.25. The topological polar surface area (TPSA) is 63.0 Å². The summed E-state index contributed by atoms with van der Waals surface area (Å²) in [5.74, 6) is -1.40. The van der Waals surface area contributed by atoms with Crippen LogP contribution in [-0.4, -0.2) is 17.6 Å². The molecule has 1 rings (SSSR count). The monoisotopic (exact) mass is 224 g/mol. The second-order valence-electron chi connectivity index (χ2n) is 2.84. The number of carbonyl (C=O) groups excluding carboxylic acids is 1. The fourth-order valence-electron chi connectivity index (χ4n) is 1.05. The molecular weight excluding hydrogens is 212 g/mol. The molecule has 0 saturated carbocycles. The number of hydrogen-bond donors (Lipinski definition) is 0. The van der Waals surface area contributed by atoms with Crippen molar-refractivity contribution in [2.24, 2.45) is 0 Å². The van der Waals surface area contributed by atoms with Gasteiger partial charge >= 0.3 is 5.97 Å². The number of nitriles is 1. The first kappa shape index (κ1) is 11.7. The Hall–Kier alpha value is -1.41. The maximum absolute atomic E-state index is 11.4. The predicted octanol–water partition coefficient (Wildman–Crippen LogP) is 1.88. The number of hydrogen-bond acceptors (Lipinski definition) is 5. The van der Waals surface area contributed by atoms with Gasteiger partial charge in [0.1, 0.15) is 5.01 Å². The van der Waals surface area contributed by atoms with E-state index in [1.807, 2.05) is 18.4 Å². The van der Waals surface area contributed by atoms with Gasteiger partial charge < -0.3 is 4.74 Å². The average Bonchev–Trinajstić information content (AvgIpc) is 2.68. The molecule has 0 bridgehead atoms. The molecule has 0 aliphatic rings. The Morgan fingerprint density at radius 1 is 1.73 bits per heavy atom. The third-order valence-electron chi connectivity index (χ3n) is 1.83. The van der Waals surface area contributed by atoms with E-state index < -0.39 is 11.9 Å². The fourth-order valence-corrected chi connectivity index (χ4v) is 1.98. The maximum atomic E-state index is 11.4. The van der Waals surface area contributed by atoms with Crippen molar-refractivity contribution in [2.75, 3.05) is 6.61 Å². The van der Waals surface area contributed by atoms with Crippen LogP contribution < -0.4 is 0 Å². The van der Waals surface area contributed by atoms with Crippen molar-refractivity contribution >= 4 is 17.3 Å². The second-order valence-corrected chi connectivity index (χ2v) is 3.73. The van der Waals surface area contributed by atoms with E-state index in [1.54, 1.807) is 6.92 Å². The van der Waals surface area contributed by atoms with Crippen molar-refractivity contribution in [3.63, 3.8) is 0 Å². The van der Waals surface area contributed by atoms with Crippen molar-refractivity contribution in [3.05, 3.63) is 16.1 Å². The first-order valence-corrected chi connectivity index (χ1v) is 5.61. The first-order chi connectivity index (χ1) is 7.22. The van der Waals surface area contributed by atoms with Gasteiger partial charge in [-0.15, -0.1) is 11.3 Å². The minimum atomic E-state index is -0.879. The van der Waals surface area contributed by atoms with Crippen molar-refractivity contribution < 1.29 is 9.53 Å². The highest BCUT2D eigenvalue weighted by Gasteiger charge is 2.24. The van der Waals surface area contributed by atoms with E-state index >= 15 is 0 Å².